The Hall–Kier alpha value is -4.14. The van der Waals surface area contributed by atoms with E-state index in [2.05, 4.69) is 5.32 Å². The largest absolute Gasteiger partial charge is 0.478 e. The van der Waals surface area contributed by atoms with Crippen LogP contribution in [0.2, 0.25) is 0 Å². The van der Waals surface area contributed by atoms with Crippen molar-refractivity contribution in [1.29, 1.82) is 0 Å². The smallest absolute Gasteiger partial charge is 0.416 e. The Balaban J connectivity index is 1.95. The summed E-state index contributed by atoms with van der Waals surface area (Å²) in [6.07, 6.45) is -4.47. The number of hydrogen-bond acceptors (Lipinski definition) is 3. The lowest BCUT2D eigenvalue weighted by Gasteiger charge is -2.14. The van der Waals surface area contributed by atoms with Gasteiger partial charge in [-0.1, -0.05) is 30.3 Å². The quantitative estimate of drug-likeness (QED) is 0.559. The second kappa shape index (κ2) is 8.31. The molecule has 0 fully saturated rings. The van der Waals surface area contributed by atoms with E-state index in [-0.39, 0.29) is 22.4 Å². The van der Waals surface area contributed by atoms with Crippen molar-refractivity contribution >= 4 is 23.5 Å². The maximum atomic E-state index is 12.8. The highest BCUT2D eigenvalue weighted by Gasteiger charge is 2.30. The molecule has 0 heterocycles. The molecule has 4 N–H and O–H groups in total. The maximum absolute atomic E-state index is 12.8. The van der Waals surface area contributed by atoms with Crippen LogP contribution in [-0.2, 0) is 6.18 Å². The first-order valence-electron chi connectivity index (χ1n) is 8.83. The summed E-state index contributed by atoms with van der Waals surface area (Å²) in [6.45, 7) is 0. The SMILES string of the molecule is NC(=O)c1cc(C(=O)O)ccc1C(=O)Nc1ccccc1-c1ccc(C(F)(F)F)cc1. The maximum Gasteiger partial charge on any atom is 0.416 e. The van der Waals surface area contributed by atoms with Crippen LogP contribution in [0.1, 0.15) is 36.6 Å². The Morgan fingerprint density at radius 1 is 0.871 bits per heavy atom. The number of hydrogen-bond donors (Lipinski definition) is 3. The summed E-state index contributed by atoms with van der Waals surface area (Å²) in [4.78, 5) is 35.6. The van der Waals surface area contributed by atoms with Gasteiger partial charge in [-0.2, -0.15) is 13.2 Å². The van der Waals surface area contributed by atoms with Gasteiger partial charge in [0.25, 0.3) is 5.91 Å². The minimum Gasteiger partial charge on any atom is -0.478 e. The van der Waals surface area contributed by atoms with Crippen LogP contribution in [0.25, 0.3) is 11.1 Å². The van der Waals surface area contributed by atoms with Crippen molar-refractivity contribution in [2.75, 3.05) is 5.32 Å². The molecule has 3 aromatic carbocycles. The summed E-state index contributed by atoms with van der Waals surface area (Å²) in [7, 11) is 0. The number of carbonyl (C=O) groups is 3. The monoisotopic (exact) mass is 428 g/mol. The highest BCUT2D eigenvalue weighted by atomic mass is 19.4. The average molecular weight is 428 g/mol. The molecule has 0 bridgehead atoms. The molecule has 0 aliphatic rings. The lowest BCUT2D eigenvalue weighted by Crippen LogP contribution is -2.21. The molecule has 0 aromatic heterocycles. The van der Waals surface area contributed by atoms with E-state index in [0.29, 0.717) is 11.1 Å². The molecule has 9 heteroatoms. The van der Waals surface area contributed by atoms with E-state index in [0.717, 1.165) is 24.3 Å². The number of halogens is 3. The number of carboxylic acids is 1. The summed E-state index contributed by atoms with van der Waals surface area (Å²) in [5, 5.41) is 11.7. The van der Waals surface area contributed by atoms with Crippen molar-refractivity contribution in [3.05, 3.63) is 89.0 Å². The van der Waals surface area contributed by atoms with Crippen LogP contribution in [-0.4, -0.2) is 22.9 Å². The first-order chi connectivity index (χ1) is 14.6. The molecular weight excluding hydrogens is 413 g/mol. The molecule has 0 radical (unpaired) electrons. The van der Waals surface area contributed by atoms with E-state index in [1.165, 1.54) is 18.2 Å². The Bertz CT molecular complexity index is 1170. The molecule has 158 valence electrons. The van der Waals surface area contributed by atoms with Crippen molar-refractivity contribution in [2.24, 2.45) is 5.73 Å². The summed E-state index contributed by atoms with van der Waals surface area (Å²) < 4.78 is 38.4. The fraction of sp³-hybridized carbons (Fsp3) is 0.0455. The number of rotatable bonds is 5. The van der Waals surface area contributed by atoms with Gasteiger partial charge in [-0.05, 0) is 42.0 Å². The van der Waals surface area contributed by atoms with E-state index < -0.39 is 29.5 Å². The standard InChI is InChI=1S/C22H15F3N2O4/c23-22(24,25)14-8-5-12(6-9-14)15-3-1-2-4-18(15)27-20(29)16-10-7-13(21(30)31)11-17(16)19(26)28/h1-11H,(H2,26,28)(H,27,29)(H,30,31). The van der Waals surface area contributed by atoms with Crippen molar-refractivity contribution in [3.8, 4) is 11.1 Å². The molecule has 0 saturated carbocycles. The Morgan fingerprint density at radius 2 is 1.52 bits per heavy atom. The summed E-state index contributed by atoms with van der Waals surface area (Å²) >= 11 is 0. The van der Waals surface area contributed by atoms with E-state index in [4.69, 9.17) is 10.8 Å². The van der Waals surface area contributed by atoms with Gasteiger partial charge in [-0.25, -0.2) is 4.79 Å². The van der Waals surface area contributed by atoms with Crippen LogP contribution in [0.15, 0.2) is 66.7 Å². The van der Waals surface area contributed by atoms with E-state index in [9.17, 15) is 27.6 Å². The normalized spacial score (nSPS) is 11.1. The number of para-hydroxylation sites is 1. The highest BCUT2D eigenvalue weighted by molar-refractivity contribution is 6.13. The number of carbonyl (C=O) groups excluding carboxylic acids is 2. The molecule has 0 atom stereocenters. The summed E-state index contributed by atoms with van der Waals surface area (Å²) in [6, 6.07) is 14.2. The van der Waals surface area contributed by atoms with E-state index in [1.54, 1.807) is 24.3 Å². The molecule has 0 spiro atoms. The van der Waals surface area contributed by atoms with Gasteiger partial charge in [0.1, 0.15) is 0 Å². The lowest BCUT2D eigenvalue weighted by molar-refractivity contribution is -0.137. The zero-order valence-corrected chi connectivity index (χ0v) is 15.7. The number of carboxylic acid groups (broad SMARTS) is 1. The third-order valence-corrected chi connectivity index (χ3v) is 4.48. The van der Waals surface area contributed by atoms with Gasteiger partial charge in [-0.15, -0.1) is 0 Å². The number of anilines is 1. The molecule has 0 unspecified atom stereocenters. The van der Waals surface area contributed by atoms with Crippen LogP contribution < -0.4 is 11.1 Å². The summed E-state index contributed by atoms with van der Waals surface area (Å²) in [5.41, 5.74) is 5.02. The van der Waals surface area contributed by atoms with Gasteiger partial charge in [0.15, 0.2) is 0 Å². The fourth-order valence-electron chi connectivity index (χ4n) is 2.95. The Kier molecular flexibility index (Phi) is 5.78. The number of amides is 2. The first-order valence-corrected chi connectivity index (χ1v) is 8.83. The second-order valence-corrected chi connectivity index (χ2v) is 6.50. The molecule has 2 amide bonds. The average Bonchev–Trinajstić information content (AvgIpc) is 2.73. The van der Waals surface area contributed by atoms with Gasteiger partial charge in [0.05, 0.1) is 22.3 Å². The zero-order chi connectivity index (χ0) is 22.8. The van der Waals surface area contributed by atoms with Gasteiger partial charge in [0, 0.05) is 11.3 Å². The van der Waals surface area contributed by atoms with Crippen LogP contribution in [0, 0.1) is 0 Å². The van der Waals surface area contributed by atoms with Crippen molar-refractivity contribution in [2.45, 2.75) is 6.18 Å². The number of aromatic carboxylic acids is 1. The molecule has 0 aliphatic heterocycles. The third-order valence-electron chi connectivity index (χ3n) is 4.48. The van der Waals surface area contributed by atoms with Gasteiger partial charge in [0.2, 0.25) is 5.91 Å². The number of nitrogens with two attached hydrogens (primary N) is 1. The molecule has 31 heavy (non-hydrogen) atoms. The number of alkyl halides is 3. The minimum absolute atomic E-state index is 0.139. The predicted octanol–water partition coefficient (Wildman–Crippen LogP) is 4.42. The minimum atomic E-state index is -4.47. The summed E-state index contributed by atoms with van der Waals surface area (Å²) in [5.74, 6) is -3.00. The fourth-order valence-corrected chi connectivity index (χ4v) is 2.95. The van der Waals surface area contributed by atoms with Gasteiger partial charge < -0.3 is 16.2 Å². The Morgan fingerprint density at radius 3 is 2.10 bits per heavy atom. The molecule has 3 aromatic rings. The van der Waals surface area contributed by atoms with Gasteiger partial charge in [-0.3, -0.25) is 9.59 Å². The van der Waals surface area contributed by atoms with Crippen LogP contribution >= 0.6 is 0 Å². The van der Waals surface area contributed by atoms with Crippen LogP contribution in [0.3, 0.4) is 0 Å². The number of nitrogens with one attached hydrogen (secondary N) is 1. The van der Waals surface area contributed by atoms with Gasteiger partial charge >= 0.3 is 12.1 Å². The Labute approximate surface area is 174 Å². The molecule has 0 aliphatic carbocycles. The first kappa shape index (κ1) is 21.6. The van der Waals surface area contributed by atoms with Crippen molar-refractivity contribution < 1.29 is 32.7 Å². The van der Waals surface area contributed by atoms with E-state index in [1.807, 2.05) is 0 Å². The topological polar surface area (TPSA) is 109 Å². The number of primary amides is 1. The predicted molar refractivity (Wildman–Crippen MR) is 107 cm³/mol. The second-order valence-electron chi connectivity index (χ2n) is 6.50. The third kappa shape index (κ3) is 4.72. The molecular formula is C22H15F3N2O4. The van der Waals surface area contributed by atoms with Crippen LogP contribution in [0.4, 0.5) is 18.9 Å². The molecule has 3 rings (SSSR count). The lowest BCUT2D eigenvalue weighted by atomic mass is 10.0. The van der Waals surface area contributed by atoms with E-state index >= 15 is 0 Å². The molecule has 6 nitrogen and oxygen atoms in total. The molecule has 0 saturated heterocycles. The highest BCUT2D eigenvalue weighted by Crippen LogP contribution is 2.33. The van der Waals surface area contributed by atoms with Crippen molar-refractivity contribution in [1.82, 2.24) is 0 Å². The number of benzene rings is 3. The van der Waals surface area contributed by atoms with Crippen LogP contribution in [0.5, 0.6) is 0 Å². The van der Waals surface area contributed by atoms with Crippen molar-refractivity contribution in [3.63, 3.8) is 0 Å². The zero-order valence-electron chi connectivity index (χ0n) is 15.7.